The van der Waals surface area contributed by atoms with Crippen molar-refractivity contribution in [3.8, 4) is 0 Å². The highest BCUT2D eigenvalue weighted by molar-refractivity contribution is 14.0. The number of benzene rings is 1. The molecule has 1 aliphatic heterocycles. The smallest absolute Gasteiger partial charge is 0.194 e. The van der Waals surface area contributed by atoms with Crippen LogP contribution in [-0.4, -0.2) is 31.0 Å². The Morgan fingerprint density at radius 1 is 1.47 bits per heavy atom. The van der Waals surface area contributed by atoms with Gasteiger partial charge in [-0.25, -0.2) is 4.39 Å². The van der Waals surface area contributed by atoms with Crippen LogP contribution in [0.5, 0.6) is 0 Å². The van der Waals surface area contributed by atoms with Crippen LogP contribution in [0.4, 0.5) is 4.39 Å². The number of aryl methyl sites for hydroxylation is 1. The van der Waals surface area contributed by atoms with Crippen LogP contribution in [0.3, 0.4) is 0 Å². The van der Waals surface area contributed by atoms with Crippen LogP contribution >= 0.6 is 24.0 Å². The Labute approximate surface area is 118 Å². The summed E-state index contributed by atoms with van der Waals surface area (Å²) in [7, 11) is 2.01. The summed E-state index contributed by atoms with van der Waals surface area (Å²) in [6.45, 7) is 4.27. The van der Waals surface area contributed by atoms with Gasteiger partial charge < -0.3 is 10.2 Å². The number of aliphatic imine (C=N–C) groups is 1. The SMILES string of the molecule is Cc1cc(CNC2=NCCN2C)ccc1F.I. The van der Waals surface area contributed by atoms with E-state index in [9.17, 15) is 4.39 Å². The minimum absolute atomic E-state index is 0. The summed E-state index contributed by atoms with van der Waals surface area (Å²) in [5, 5.41) is 3.25. The van der Waals surface area contributed by atoms with Gasteiger partial charge in [-0.05, 0) is 24.1 Å². The van der Waals surface area contributed by atoms with Crippen LogP contribution in [0.25, 0.3) is 0 Å². The number of rotatable bonds is 2. The molecule has 0 bridgehead atoms. The molecule has 0 unspecified atom stereocenters. The summed E-state index contributed by atoms with van der Waals surface area (Å²) >= 11 is 0. The summed E-state index contributed by atoms with van der Waals surface area (Å²) < 4.78 is 13.0. The quantitative estimate of drug-likeness (QED) is 0.829. The van der Waals surface area contributed by atoms with Crippen molar-refractivity contribution >= 4 is 29.9 Å². The van der Waals surface area contributed by atoms with E-state index in [2.05, 4.69) is 15.2 Å². The molecule has 1 aromatic carbocycles. The maximum Gasteiger partial charge on any atom is 0.194 e. The molecule has 0 aliphatic carbocycles. The fourth-order valence-electron chi connectivity index (χ4n) is 1.72. The number of nitrogens with one attached hydrogen (secondary N) is 1. The number of guanidine groups is 1. The minimum Gasteiger partial charge on any atom is -0.352 e. The average molecular weight is 349 g/mol. The molecule has 0 fully saturated rings. The van der Waals surface area contributed by atoms with Gasteiger partial charge in [-0.3, -0.25) is 4.99 Å². The van der Waals surface area contributed by atoms with E-state index in [4.69, 9.17) is 0 Å². The van der Waals surface area contributed by atoms with Crippen LogP contribution in [0, 0.1) is 12.7 Å². The lowest BCUT2D eigenvalue weighted by molar-refractivity contribution is 0.534. The van der Waals surface area contributed by atoms with Crippen molar-refractivity contribution in [3.63, 3.8) is 0 Å². The van der Waals surface area contributed by atoms with Crippen LogP contribution < -0.4 is 5.32 Å². The summed E-state index contributed by atoms with van der Waals surface area (Å²) in [6, 6.07) is 5.16. The van der Waals surface area contributed by atoms with Gasteiger partial charge in [-0.2, -0.15) is 0 Å². The Morgan fingerprint density at radius 2 is 2.24 bits per heavy atom. The van der Waals surface area contributed by atoms with Crippen molar-refractivity contribution in [2.45, 2.75) is 13.5 Å². The molecular weight excluding hydrogens is 332 g/mol. The van der Waals surface area contributed by atoms with E-state index in [1.807, 2.05) is 13.1 Å². The highest BCUT2D eigenvalue weighted by Gasteiger charge is 2.11. The monoisotopic (exact) mass is 349 g/mol. The molecule has 2 rings (SSSR count). The topological polar surface area (TPSA) is 27.6 Å². The summed E-state index contributed by atoms with van der Waals surface area (Å²) in [5.41, 5.74) is 1.75. The molecule has 17 heavy (non-hydrogen) atoms. The molecule has 0 amide bonds. The Morgan fingerprint density at radius 3 is 2.82 bits per heavy atom. The van der Waals surface area contributed by atoms with Gasteiger partial charge in [-0.1, -0.05) is 12.1 Å². The molecule has 1 aromatic rings. The third-order valence-electron chi connectivity index (χ3n) is 2.73. The first kappa shape index (κ1) is 14.2. The van der Waals surface area contributed by atoms with E-state index < -0.39 is 0 Å². The maximum atomic E-state index is 13.0. The van der Waals surface area contributed by atoms with Crippen molar-refractivity contribution in [1.82, 2.24) is 10.2 Å². The fourth-order valence-corrected chi connectivity index (χ4v) is 1.72. The Balaban J connectivity index is 0.00000144. The predicted molar refractivity (Wildman–Crippen MR) is 78.3 cm³/mol. The van der Waals surface area contributed by atoms with Gasteiger partial charge in [0.05, 0.1) is 6.54 Å². The minimum atomic E-state index is -0.154. The van der Waals surface area contributed by atoms with Gasteiger partial charge in [-0.15, -0.1) is 24.0 Å². The lowest BCUT2D eigenvalue weighted by Crippen LogP contribution is -2.35. The van der Waals surface area contributed by atoms with Crippen LogP contribution in [0.2, 0.25) is 0 Å². The fraction of sp³-hybridized carbons (Fsp3) is 0.417. The van der Waals surface area contributed by atoms with Crippen molar-refractivity contribution in [2.24, 2.45) is 4.99 Å². The standard InChI is InChI=1S/C12H16FN3.HI/c1-9-7-10(3-4-11(9)13)8-15-12-14-5-6-16(12)2;/h3-4,7H,5-6,8H2,1-2H3,(H,14,15);1H. The first-order valence-electron chi connectivity index (χ1n) is 5.41. The molecule has 94 valence electrons. The van der Waals surface area contributed by atoms with Gasteiger partial charge in [0, 0.05) is 20.1 Å². The third-order valence-corrected chi connectivity index (χ3v) is 2.73. The zero-order valence-corrected chi connectivity index (χ0v) is 12.4. The Kier molecular flexibility index (Phi) is 5.17. The molecule has 0 radical (unpaired) electrons. The zero-order valence-electron chi connectivity index (χ0n) is 10.0. The average Bonchev–Trinajstić information content (AvgIpc) is 2.66. The summed E-state index contributed by atoms with van der Waals surface area (Å²) in [5.74, 6) is 0.765. The highest BCUT2D eigenvalue weighted by Crippen LogP contribution is 2.09. The molecule has 0 spiro atoms. The molecule has 0 saturated heterocycles. The van der Waals surface area contributed by atoms with E-state index >= 15 is 0 Å². The second-order valence-corrected chi connectivity index (χ2v) is 4.06. The summed E-state index contributed by atoms with van der Waals surface area (Å²) in [4.78, 5) is 6.41. The molecule has 1 aliphatic rings. The van der Waals surface area contributed by atoms with Crippen LogP contribution in [-0.2, 0) is 6.54 Å². The van der Waals surface area contributed by atoms with Crippen LogP contribution in [0.15, 0.2) is 23.2 Å². The Bertz CT molecular complexity index is 420. The van der Waals surface area contributed by atoms with Gasteiger partial charge in [0.1, 0.15) is 5.82 Å². The first-order chi connectivity index (χ1) is 7.66. The number of likely N-dealkylation sites (N-methyl/N-ethyl adjacent to an activating group) is 1. The normalized spacial score (nSPS) is 14.3. The molecule has 3 nitrogen and oxygen atoms in total. The molecule has 5 heteroatoms. The lowest BCUT2D eigenvalue weighted by atomic mass is 10.1. The van der Waals surface area contributed by atoms with Gasteiger partial charge in [0.2, 0.25) is 0 Å². The van der Waals surface area contributed by atoms with E-state index in [1.54, 1.807) is 13.0 Å². The van der Waals surface area contributed by atoms with E-state index in [0.29, 0.717) is 12.1 Å². The van der Waals surface area contributed by atoms with Crippen molar-refractivity contribution < 1.29 is 4.39 Å². The molecule has 1 heterocycles. The first-order valence-corrected chi connectivity index (χ1v) is 5.41. The van der Waals surface area contributed by atoms with E-state index in [0.717, 1.165) is 24.6 Å². The van der Waals surface area contributed by atoms with Crippen molar-refractivity contribution in [1.29, 1.82) is 0 Å². The highest BCUT2D eigenvalue weighted by atomic mass is 127. The largest absolute Gasteiger partial charge is 0.352 e. The van der Waals surface area contributed by atoms with Crippen molar-refractivity contribution in [3.05, 3.63) is 35.1 Å². The third kappa shape index (κ3) is 3.55. The predicted octanol–water partition coefficient (Wildman–Crippen LogP) is 2.14. The lowest BCUT2D eigenvalue weighted by Gasteiger charge is -2.15. The molecule has 0 atom stereocenters. The summed E-state index contributed by atoms with van der Waals surface area (Å²) in [6.07, 6.45) is 0. The zero-order chi connectivity index (χ0) is 11.5. The van der Waals surface area contributed by atoms with Crippen LogP contribution in [0.1, 0.15) is 11.1 Å². The van der Waals surface area contributed by atoms with Gasteiger partial charge >= 0.3 is 0 Å². The number of hydrogen-bond donors (Lipinski definition) is 1. The van der Waals surface area contributed by atoms with E-state index in [-0.39, 0.29) is 29.8 Å². The Hall–Kier alpha value is -0.850. The second kappa shape index (κ2) is 6.18. The number of halogens is 2. The van der Waals surface area contributed by atoms with Crippen molar-refractivity contribution in [2.75, 3.05) is 20.1 Å². The van der Waals surface area contributed by atoms with Gasteiger partial charge in [0.25, 0.3) is 0 Å². The van der Waals surface area contributed by atoms with Gasteiger partial charge in [0.15, 0.2) is 5.96 Å². The molecule has 0 saturated carbocycles. The number of hydrogen-bond acceptors (Lipinski definition) is 3. The maximum absolute atomic E-state index is 13.0. The molecule has 1 N–H and O–H groups in total. The second-order valence-electron chi connectivity index (χ2n) is 4.06. The van der Waals surface area contributed by atoms with E-state index in [1.165, 1.54) is 6.07 Å². The number of nitrogens with zero attached hydrogens (tertiary/aromatic N) is 2. The molecule has 0 aromatic heterocycles. The molecular formula is C12H17FIN3.